The number of aliphatic hydroxyl groups is 6. The molecule has 9 amide bonds. The molecule has 0 bridgehead atoms. The summed E-state index contributed by atoms with van der Waals surface area (Å²) in [6, 6.07) is -12.8. The first-order valence-corrected chi connectivity index (χ1v) is 28.9. The maximum atomic E-state index is 14.3. The van der Waals surface area contributed by atoms with Crippen LogP contribution in [0.5, 0.6) is 0 Å². The minimum absolute atomic E-state index is 0.0876. The third kappa shape index (κ3) is 19.6. The van der Waals surface area contributed by atoms with E-state index in [1.807, 2.05) is 0 Å². The molecule has 0 aliphatic carbocycles. The molecule has 3 rings (SSSR count). The molecule has 3 aliphatic heterocycles. The lowest BCUT2D eigenvalue weighted by Gasteiger charge is -2.48. The summed E-state index contributed by atoms with van der Waals surface area (Å²) in [6.45, 7) is 18.4. The van der Waals surface area contributed by atoms with Crippen molar-refractivity contribution in [1.82, 2.24) is 47.4 Å². The second-order valence-electron chi connectivity index (χ2n) is 23.0. The summed E-state index contributed by atoms with van der Waals surface area (Å²) in [6.07, 6.45) is -15.3. The molecule has 0 aromatic rings. The van der Waals surface area contributed by atoms with Crippen molar-refractivity contribution < 1.29 is 103 Å². The fraction of sp³-hybridized carbons (Fsp3) is 0.815. The predicted octanol–water partition coefficient (Wildman–Crippen LogP) is -5.58. The van der Waals surface area contributed by atoms with Gasteiger partial charge in [0.25, 0.3) is 0 Å². The normalized spacial score (nSPS) is 28.1. The van der Waals surface area contributed by atoms with E-state index in [9.17, 15) is 83.7 Å². The highest BCUT2D eigenvalue weighted by molar-refractivity contribution is 5.98. The van der Waals surface area contributed by atoms with Gasteiger partial charge < -0.3 is 108 Å². The van der Waals surface area contributed by atoms with Crippen LogP contribution in [0.3, 0.4) is 0 Å². The van der Waals surface area contributed by atoms with Crippen LogP contribution in [-0.2, 0) is 66.9 Å². The molecular formula is C54H94N10O21. The number of carbonyl (C=O) groups is 10. The van der Waals surface area contributed by atoms with Gasteiger partial charge in [-0.05, 0) is 64.2 Å². The maximum absolute atomic E-state index is 14.3. The Morgan fingerprint density at radius 1 is 0.576 bits per heavy atom. The highest BCUT2D eigenvalue weighted by Gasteiger charge is 2.53. The number of ether oxygens (including phenoxy) is 4. The Kier molecular flexibility index (Phi) is 28.9. The van der Waals surface area contributed by atoms with Crippen molar-refractivity contribution in [3.8, 4) is 0 Å². The molecule has 31 nitrogen and oxygen atoms in total. The second kappa shape index (κ2) is 33.4. The van der Waals surface area contributed by atoms with Crippen LogP contribution < -0.4 is 48.3 Å². The van der Waals surface area contributed by atoms with E-state index in [1.54, 1.807) is 55.4 Å². The lowest BCUT2D eigenvalue weighted by atomic mass is 9.94. The number of likely N-dealkylation sites (tertiary alicyclic amines) is 1. The van der Waals surface area contributed by atoms with Crippen molar-refractivity contribution in [2.75, 3.05) is 19.8 Å². The van der Waals surface area contributed by atoms with E-state index in [2.05, 4.69) is 42.5 Å². The Hall–Kier alpha value is -5.74. The lowest BCUT2D eigenvalue weighted by molar-refractivity contribution is -0.347. The van der Waals surface area contributed by atoms with Gasteiger partial charge in [0.05, 0.1) is 19.3 Å². The monoisotopic (exact) mass is 1220 g/mol. The molecule has 3 saturated heterocycles. The zero-order valence-corrected chi connectivity index (χ0v) is 50.7. The minimum atomic E-state index is -1.93. The van der Waals surface area contributed by atoms with Gasteiger partial charge in [-0.1, -0.05) is 68.2 Å². The molecule has 85 heavy (non-hydrogen) atoms. The fourth-order valence-corrected chi connectivity index (χ4v) is 9.67. The number of nitrogens with zero attached hydrogens (tertiary/aromatic N) is 1. The number of carboxylic acid groups (broad SMARTS) is 1. The predicted molar refractivity (Wildman–Crippen MR) is 298 cm³/mol. The smallest absolute Gasteiger partial charge is 0.325 e. The lowest BCUT2D eigenvalue weighted by Crippen LogP contribution is -2.68. The summed E-state index contributed by atoms with van der Waals surface area (Å²) in [4.78, 5) is 135. The van der Waals surface area contributed by atoms with Crippen molar-refractivity contribution in [3.05, 3.63) is 0 Å². The molecule has 0 aromatic carbocycles. The zero-order valence-electron chi connectivity index (χ0n) is 50.7. The zero-order chi connectivity index (χ0) is 64.6. The van der Waals surface area contributed by atoms with Gasteiger partial charge in [-0.15, -0.1) is 0 Å². The Bertz CT molecular complexity index is 2300. The van der Waals surface area contributed by atoms with Crippen molar-refractivity contribution in [1.29, 1.82) is 0 Å². The van der Waals surface area contributed by atoms with Gasteiger partial charge in [-0.2, -0.15) is 0 Å². The van der Waals surface area contributed by atoms with Crippen LogP contribution in [0, 0.1) is 23.7 Å². The van der Waals surface area contributed by atoms with Gasteiger partial charge in [0, 0.05) is 13.5 Å². The van der Waals surface area contributed by atoms with E-state index < -0.39 is 218 Å². The Morgan fingerprint density at radius 2 is 1.04 bits per heavy atom. The highest BCUT2D eigenvalue weighted by Crippen LogP contribution is 2.31. The first-order chi connectivity index (χ1) is 39.7. The maximum Gasteiger partial charge on any atom is 0.325 e. The molecule has 3 aliphatic rings. The van der Waals surface area contributed by atoms with E-state index in [-0.39, 0.29) is 13.0 Å². The van der Waals surface area contributed by atoms with Crippen LogP contribution in [0.2, 0.25) is 0 Å². The largest absolute Gasteiger partial charge is 0.480 e. The Balaban J connectivity index is 1.68. The summed E-state index contributed by atoms with van der Waals surface area (Å²) < 4.78 is 23.1. The van der Waals surface area contributed by atoms with Gasteiger partial charge in [0.1, 0.15) is 103 Å². The molecule has 3 fully saturated rings. The van der Waals surface area contributed by atoms with Gasteiger partial charge in [-0.3, -0.25) is 47.9 Å². The van der Waals surface area contributed by atoms with E-state index in [1.165, 1.54) is 32.6 Å². The van der Waals surface area contributed by atoms with Crippen LogP contribution in [0.4, 0.5) is 0 Å². The summed E-state index contributed by atoms with van der Waals surface area (Å²) in [5, 5.41) is 92.3. The molecule has 3 heterocycles. The quantitative estimate of drug-likeness (QED) is 0.0319. The first-order valence-electron chi connectivity index (χ1n) is 28.9. The van der Waals surface area contributed by atoms with Crippen LogP contribution in [0.25, 0.3) is 0 Å². The standard InChI is InChI=1S/C54H94N10O21/c1-14-23(7)36(49(77)58-27(11)52(80)81)63-48(76)34(21(3)4)60-50(78)37(24(8)15-2)62-45(73)26(10)56-44(72)25(9)57-46(74)30-17-16-18-64(30)51(79)35(22(5)6)61-47(75)33(55)28(12)82-53-38(59-29(13)67)43(40(69)32(20-66)83-53)85-54-42(71)41(70)39(68)31(19-65)84-54/h21-28,30-43,53-54,65-66,68-71H,14-20,55H2,1-13H3,(H,56,72)(H,57,74)(H,58,77)(H,59,67)(H,60,78)(H,61,75)(H,62,73)(H,63,76)(H,80,81)/t23?,24?,25?,26-,27-,28?,30-,31?,32?,33-,34-,35?,36?,37?,38?,39-,40-,41?,42-,43+,53-,54-/m0/s1. The van der Waals surface area contributed by atoms with Crippen molar-refractivity contribution >= 4 is 59.1 Å². The number of carboxylic acids is 1. The third-order valence-electron chi connectivity index (χ3n) is 15.7. The fourth-order valence-electron chi connectivity index (χ4n) is 9.67. The Morgan fingerprint density at radius 3 is 1.55 bits per heavy atom. The molecule has 0 radical (unpaired) electrons. The number of aliphatic hydroxyl groups excluding tert-OH is 6. The topological polar surface area (TPSA) is 475 Å². The molecule has 31 heteroatoms. The van der Waals surface area contributed by atoms with E-state index in [0.717, 1.165) is 6.92 Å². The third-order valence-corrected chi connectivity index (χ3v) is 15.7. The Labute approximate surface area is 494 Å². The number of nitrogens with two attached hydrogens (primary N) is 1. The summed E-state index contributed by atoms with van der Waals surface area (Å²) in [5.41, 5.74) is 6.39. The first kappa shape index (κ1) is 73.5. The molecule has 486 valence electrons. The van der Waals surface area contributed by atoms with Crippen molar-refractivity contribution in [2.45, 2.75) is 238 Å². The van der Waals surface area contributed by atoms with Crippen LogP contribution in [0.1, 0.15) is 116 Å². The molecule has 17 N–H and O–H groups in total. The average Bonchev–Trinajstić information content (AvgIpc) is 2.92. The van der Waals surface area contributed by atoms with Gasteiger partial charge in [0.15, 0.2) is 12.6 Å². The molecular weight excluding hydrogens is 1120 g/mol. The van der Waals surface area contributed by atoms with E-state index in [4.69, 9.17) is 24.7 Å². The van der Waals surface area contributed by atoms with Crippen molar-refractivity contribution in [2.24, 2.45) is 29.4 Å². The van der Waals surface area contributed by atoms with Crippen LogP contribution in [0.15, 0.2) is 0 Å². The SMILES string of the molecule is CCC(C)C(NC(=O)[C@H](C)NC(=O)C(C)NC(=O)[C@@H]1CCCN1C(=O)C(NC(=O)[C@@H](N)C(C)O[C@H]1OC(CO)[C@H](O)[C@H](O[C@@H]2OC(CO)[C@H](O)C(O)[C@@H]2O)C1NC(C)=O)C(C)C)C(=O)N[C@H](C(=O)NC(C(=O)N[C@@H](C)C(=O)O)C(C)CC)C(C)C. The molecule has 0 aromatic heterocycles. The number of nitrogens with one attached hydrogen (secondary N) is 8. The molecule has 22 atom stereocenters. The van der Waals surface area contributed by atoms with E-state index in [0.29, 0.717) is 19.3 Å². The number of amides is 9. The summed E-state index contributed by atoms with van der Waals surface area (Å²) in [5.74, 6) is -10.1. The number of aliphatic carboxylic acids is 1. The average molecular weight is 1220 g/mol. The summed E-state index contributed by atoms with van der Waals surface area (Å²) in [7, 11) is 0. The number of rotatable bonds is 30. The molecule has 0 spiro atoms. The highest BCUT2D eigenvalue weighted by atomic mass is 16.7. The molecule has 0 saturated carbocycles. The molecule has 11 unspecified atom stereocenters. The minimum Gasteiger partial charge on any atom is -0.480 e. The number of carbonyl (C=O) groups excluding carboxylic acids is 9. The second-order valence-corrected chi connectivity index (χ2v) is 23.0. The van der Waals surface area contributed by atoms with Crippen LogP contribution >= 0.6 is 0 Å². The number of hydrogen-bond acceptors (Lipinski definition) is 21. The van der Waals surface area contributed by atoms with Gasteiger partial charge in [0.2, 0.25) is 53.2 Å². The van der Waals surface area contributed by atoms with Crippen LogP contribution in [-0.4, -0.2) is 241 Å². The van der Waals surface area contributed by atoms with E-state index >= 15 is 0 Å². The van der Waals surface area contributed by atoms with Gasteiger partial charge in [-0.25, -0.2) is 0 Å². The van der Waals surface area contributed by atoms with Crippen molar-refractivity contribution in [3.63, 3.8) is 0 Å². The number of hydrogen-bond donors (Lipinski definition) is 16. The van der Waals surface area contributed by atoms with Gasteiger partial charge >= 0.3 is 5.97 Å². The summed E-state index contributed by atoms with van der Waals surface area (Å²) >= 11 is 0.